The summed E-state index contributed by atoms with van der Waals surface area (Å²) in [7, 11) is 0. The maximum atomic E-state index is 7.32. The molecule has 10 heteroatoms. The average Bonchev–Trinajstić information content (AvgIpc) is 2.42. The Morgan fingerprint density at radius 2 is 1.18 bits per heavy atom. The fraction of sp³-hybridized carbons (Fsp3) is 0.250. The van der Waals surface area contributed by atoms with E-state index in [4.69, 9.17) is 33.4 Å². The van der Waals surface area contributed by atoms with Crippen molar-refractivity contribution in [1.29, 1.82) is 16.2 Å². The van der Waals surface area contributed by atoms with Crippen molar-refractivity contribution in [3.8, 4) is 0 Å². The van der Waals surface area contributed by atoms with Crippen molar-refractivity contribution in [2.75, 3.05) is 0 Å². The number of rotatable bonds is 6. The average molecular weight is 427 g/mol. The van der Waals surface area contributed by atoms with Gasteiger partial charge in [0.1, 0.15) is 0 Å². The molecule has 0 amide bonds. The maximum Gasteiger partial charge on any atom is 0.151 e. The molecule has 0 fully saturated rings. The van der Waals surface area contributed by atoms with Gasteiger partial charge in [0.15, 0.2) is 15.5 Å². The van der Waals surface area contributed by atoms with E-state index in [2.05, 4.69) is 15.9 Å². The normalized spacial score (nSPS) is 10.4. The second-order valence-electron chi connectivity index (χ2n) is 4.19. The summed E-state index contributed by atoms with van der Waals surface area (Å²) in [5.74, 6) is 1.75. The van der Waals surface area contributed by atoms with Crippen LogP contribution in [-0.2, 0) is 17.3 Å². The van der Waals surface area contributed by atoms with Crippen molar-refractivity contribution < 1.29 is 0 Å². The van der Waals surface area contributed by atoms with Gasteiger partial charge in [-0.25, -0.2) is 0 Å². The van der Waals surface area contributed by atoms with E-state index in [1.54, 1.807) is 0 Å². The van der Waals surface area contributed by atoms with E-state index in [0.717, 1.165) is 21.2 Å². The van der Waals surface area contributed by atoms with Crippen molar-refractivity contribution in [2.24, 2.45) is 17.2 Å². The summed E-state index contributed by atoms with van der Waals surface area (Å²) in [6.07, 6.45) is 0. The SMILES string of the molecule is N=[14C](N)SCc1cc(CS[14C](=N)N)c(Br)c(CS[14C](=N)N)c1. The van der Waals surface area contributed by atoms with Crippen molar-refractivity contribution in [3.05, 3.63) is 33.3 Å². The molecular weight excluding hydrogens is 410 g/mol. The summed E-state index contributed by atoms with van der Waals surface area (Å²) in [6, 6.07) is 4.02. The molecule has 0 aliphatic rings. The zero-order chi connectivity index (χ0) is 16.7. The largest absolute Gasteiger partial charge is 0.379 e. The molecule has 1 aromatic carbocycles. The lowest BCUT2D eigenvalue weighted by Crippen LogP contribution is -2.07. The third-order valence-electron chi connectivity index (χ3n) is 2.44. The van der Waals surface area contributed by atoms with Gasteiger partial charge in [-0.15, -0.1) is 0 Å². The molecule has 1 aromatic rings. The van der Waals surface area contributed by atoms with Crippen LogP contribution < -0.4 is 17.2 Å². The van der Waals surface area contributed by atoms with Gasteiger partial charge in [0.05, 0.1) is 0 Å². The first kappa shape index (κ1) is 19.2. The zero-order valence-electron chi connectivity index (χ0n) is 11.6. The van der Waals surface area contributed by atoms with E-state index in [9.17, 15) is 0 Å². The molecule has 0 bridgehead atoms. The molecule has 0 saturated heterocycles. The molecule has 0 aromatic heterocycles. The number of hydrogen-bond acceptors (Lipinski definition) is 6. The first-order valence-electron chi connectivity index (χ1n) is 6.00. The molecule has 0 heterocycles. The van der Waals surface area contributed by atoms with Crippen LogP contribution in [-0.4, -0.2) is 15.5 Å². The minimum Gasteiger partial charge on any atom is -0.379 e. The number of benzene rings is 1. The monoisotopic (exact) mass is 426 g/mol. The van der Waals surface area contributed by atoms with Gasteiger partial charge >= 0.3 is 0 Å². The van der Waals surface area contributed by atoms with Crippen molar-refractivity contribution in [1.82, 2.24) is 0 Å². The molecule has 6 nitrogen and oxygen atoms in total. The van der Waals surface area contributed by atoms with E-state index in [1.807, 2.05) is 12.1 Å². The lowest BCUT2D eigenvalue weighted by Gasteiger charge is -2.13. The van der Waals surface area contributed by atoms with Gasteiger partial charge in [0, 0.05) is 21.7 Å². The Morgan fingerprint density at radius 3 is 1.55 bits per heavy atom. The Bertz CT molecular complexity index is 553. The second-order valence-corrected chi connectivity index (χ2v) is 8.03. The summed E-state index contributed by atoms with van der Waals surface area (Å²) in [4.78, 5) is 0. The Labute approximate surface area is 150 Å². The highest BCUT2D eigenvalue weighted by atomic mass is 79.9. The molecule has 0 atom stereocenters. The van der Waals surface area contributed by atoms with Crippen LogP contribution in [0.3, 0.4) is 0 Å². The number of amidine groups is 3. The number of hydrogen-bond donors (Lipinski definition) is 6. The highest BCUT2D eigenvalue weighted by molar-refractivity contribution is 9.10. The number of nitrogens with two attached hydrogens (primary N) is 3. The minimum absolute atomic E-state index is 0.0649. The van der Waals surface area contributed by atoms with Gasteiger partial charge in [-0.3, -0.25) is 16.2 Å². The zero-order valence-corrected chi connectivity index (χ0v) is 15.6. The minimum atomic E-state index is 0.0649. The number of nitrogens with one attached hydrogen (secondary N) is 3. The molecule has 1 rings (SSSR count). The Morgan fingerprint density at radius 1 is 0.818 bits per heavy atom. The van der Waals surface area contributed by atoms with Crippen LogP contribution in [0.2, 0.25) is 0 Å². The van der Waals surface area contributed by atoms with Crippen LogP contribution in [0.1, 0.15) is 16.7 Å². The lowest BCUT2D eigenvalue weighted by atomic mass is 10.1. The van der Waals surface area contributed by atoms with Gasteiger partial charge < -0.3 is 17.2 Å². The van der Waals surface area contributed by atoms with Crippen molar-refractivity contribution in [3.63, 3.8) is 0 Å². The summed E-state index contributed by atoms with van der Waals surface area (Å²) in [5.41, 5.74) is 19.2. The van der Waals surface area contributed by atoms with Crippen LogP contribution >= 0.6 is 51.2 Å². The topological polar surface area (TPSA) is 150 Å². The van der Waals surface area contributed by atoms with Crippen LogP contribution in [0.5, 0.6) is 0 Å². The summed E-state index contributed by atoms with van der Waals surface area (Å²) in [6.45, 7) is 0. The first-order chi connectivity index (χ1) is 10.3. The molecule has 0 spiro atoms. The van der Waals surface area contributed by atoms with Crippen LogP contribution in [0, 0.1) is 16.2 Å². The Balaban J connectivity index is 3.03. The molecule has 0 unspecified atom stereocenters. The third-order valence-corrected chi connectivity index (χ3v) is 5.78. The van der Waals surface area contributed by atoms with Crippen LogP contribution in [0.4, 0.5) is 0 Å². The molecular formula is C12H17BrN6S3. The van der Waals surface area contributed by atoms with Gasteiger partial charge in [0.2, 0.25) is 0 Å². The Hall–Kier alpha value is -0.840. The van der Waals surface area contributed by atoms with Crippen molar-refractivity contribution in [2.45, 2.75) is 17.3 Å². The van der Waals surface area contributed by atoms with Gasteiger partial charge in [-0.05, 0) is 16.7 Å². The van der Waals surface area contributed by atoms with Gasteiger partial charge in [0.25, 0.3) is 0 Å². The summed E-state index contributed by atoms with van der Waals surface area (Å²) in [5, 5.41) is 22.2. The molecule has 0 saturated carbocycles. The quantitative estimate of drug-likeness (QED) is 0.304. The van der Waals surface area contributed by atoms with Crippen LogP contribution in [0.25, 0.3) is 0 Å². The standard InChI is InChI=1S/C12H17BrN6S3/c13-9-7(4-21-11(16)17)1-6(3-20-10(14)15)2-8(9)5-22-12(18)19/h1-2H,3-5H2,(H3,14,15)(H3,16,17)(H3,18,19)/i10+2,11+2,12+2. The van der Waals surface area contributed by atoms with Gasteiger partial charge in [-0.1, -0.05) is 63.3 Å². The highest BCUT2D eigenvalue weighted by Gasteiger charge is 2.11. The number of thioether (sulfide) groups is 3. The lowest BCUT2D eigenvalue weighted by molar-refractivity contribution is 1.24. The van der Waals surface area contributed by atoms with E-state index in [-0.39, 0.29) is 15.5 Å². The molecule has 22 heavy (non-hydrogen) atoms. The van der Waals surface area contributed by atoms with E-state index in [1.165, 1.54) is 35.3 Å². The summed E-state index contributed by atoms with van der Waals surface area (Å²) >= 11 is 7.32. The highest BCUT2D eigenvalue weighted by Crippen LogP contribution is 2.31. The molecule has 0 aliphatic heterocycles. The smallest absolute Gasteiger partial charge is 0.151 e. The first-order valence-corrected chi connectivity index (χ1v) is 9.75. The fourth-order valence-corrected chi connectivity index (χ4v) is 4.03. The van der Waals surface area contributed by atoms with E-state index in [0.29, 0.717) is 17.3 Å². The molecule has 0 radical (unpaired) electrons. The Kier molecular flexibility index (Phi) is 8.15. The second kappa shape index (κ2) is 9.33. The van der Waals surface area contributed by atoms with E-state index < -0.39 is 0 Å². The molecule has 0 aliphatic carbocycles. The predicted molar refractivity (Wildman–Crippen MR) is 104 cm³/mol. The predicted octanol–water partition coefficient (Wildman–Crippen LogP) is 2.83. The van der Waals surface area contributed by atoms with Crippen LogP contribution in [0.15, 0.2) is 16.6 Å². The fourth-order valence-electron chi connectivity index (χ4n) is 1.59. The van der Waals surface area contributed by atoms with E-state index >= 15 is 0 Å². The summed E-state index contributed by atoms with van der Waals surface area (Å²) < 4.78 is 0.937. The number of halogens is 1. The maximum absolute atomic E-state index is 7.32. The van der Waals surface area contributed by atoms with Crippen molar-refractivity contribution >= 4 is 66.7 Å². The molecule has 9 N–H and O–H groups in total. The van der Waals surface area contributed by atoms with Gasteiger partial charge in [-0.2, -0.15) is 0 Å². The third kappa shape index (κ3) is 6.95. The molecule has 120 valence electrons.